The van der Waals surface area contributed by atoms with Crippen molar-refractivity contribution >= 4 is 11.6 Å². The molecule has 2 aliphatic rings. The first-order chi connectivity index (χ1) is 7.03. The van der Waals surface area contributed by atoms with Crippen LogP contribution in [0, 0.1) is 5.92 Å². The number of fused-ring (bicyclic) bond motifs is 1. The Morgan fingerprint density at radius 3 is 2.93 bits per heavy atom. The molecule has 1 aliphatic heterocycles. The van der Waals surface area contributed by atoms with E-state index >= 15 is 0 Å². The quantitative estimate of drug-likeness (QED) is 0.695. The lowest BCUT2D eigenvalue weighted by Crippen LogP contribution is -2.48. The third-order valence-corrected chi connectivity index (χ3v) is 2.89. The minimum atomic E-state index is -0.262. The lowest BCUT2D eigenvalue weighted by Gasteiger charge is -2.35. The lowest BCUT2D eigenvalue weighted by atomic mass is 9.87. The van der Waals surface area contributed by atoms with E-state index in [1.165, 1.54) is 0 Å². The maximum absolute atomic E-state index is 11.7. The van der Waals surface area contributed by atoms with E-state index in [1.807, 2.05) is 26.0 Å². The molecule has 0 aromatic heterocycles. The predicted octanol–water partition coefficient (Wildman–Crippen LogP) is 1.82. The number of aliphatic imine (C=N–C) groups is 1. The lowest BCUT2D eigenvalue weighted by molar-refractivity contribution is -0.115. The highest BCUT2D eigenvalue weighted by molar-refractivity contribution is 6.40. The van der Waals surface area contributed by atoms with E-state index in [9.17, 15) is 4.79 Å². The van der Waals surface area contributed by atoms with Gasteiger partial charge in [-0.25, -0.2) is 0 Å². The molecule has 0 aromatic rings. The van der Waals surface area contributed by atoms with Crippen molar-refractivity contribution in [2.24, 2.45) is 10.9 Å². The van der Waals surface area contributed by atoms with Gasteiger partial charge >= 0.3 is 0 Å². The van der Waals surface area contributed by atoms with Gasteiger partial charge in [-0.15, -0.1) is 0 Å². The van der Waals surface area contributed by atoms with Gasteiger partial charge in [0.25, 0.3) is 5.91 Å². The average molecular weight is 204 g/mol. The maximum Gasteiger partial charge on any atom is 0.269 e. The van der Waals surface area contributed by atoms with Gasteiger partial charge in [0.2, 0.25) is 0 Å². The number of hydrogen-bond acceptors (Lipinski definition) is 2. The molecular formula is C12H16N2O. The van der Waals surface area contributed by atoms with E-state index in [-0.39, 0.29) is 17.4 Å². The first kappa shape index (κ1) is 10.1. The third-order valence-electron chi connectivity index (χ3n) is 2.89. The van der Waals surface area contributed by atoms with Crippen LogP contribution in [-0.2, 0) is 4.79 Å². The van der Waals surface area contributed by atoms with Gasteiger partial charge < -0.3 is 5.32 Å². The highest BCUT2D eigenvalue weighted by Crippen LogP contribution is 2.31. The third kappa shape index (κ3) is 1.62. The first-order valence-corrected chi connectivity index (χ1v) is 5.31. The van der Waals surface area contributed by atoms with Crippen molar-refractivity contribution in [2.45, 2.75) is 32.7 Å². The summed E-state index contributed by atoms with van der Waals surface area (Å²) in [5.41, 5.74) is 1.31. The number of carbonyl (C=O) groups is 1. The zero-order valence-electron chi connectivity index (χ0n) is 9.37. The topological polar surface area (TPSA) is 41.5 Å². The molecule has 0 saturated heterocycles. The Kier molecular flexibility index (Phi) is 2.25. The zero-order valence-corrected chi connectivity index (χ0v) is 9.37. The van der Waals surface area contributed by atoms with Crippen molar-refractivity contribution in [1.29, 1.82) is 0 Å². The SMILES string of the molecule is CC(C)C1=NC2(C)CC=CC=C2NC1=O. The normalized spacial score (nSPS) is 29.5. The van der Waals surface area contributed by atoms with Crippen LogP contribution in [0.25, 0.3) is 0 Å². The molecule has 80 valence electrons. The molecule has 15 heavy (non-hydrogen) atoms. The maximum atomic E-state index is 11.7. The fourth-order valence-corrected chi connectivity index (χ4v) is 1.93. The minimum Gasteiger partial charge on any atom is -0.322 e. The summed E-state index contributed by atoms with van der Waals surface area (Å²) in [5, 5.41) is 2.93. The van der Waals surface area contributed by atoms with Crippen molar-refractivity contribution in [1.82, 2.24) is 5.32 Å². The second-order valence-electron chi connectivity index (χ2n) is 4.59. The van der Waals surface area contributed by atoms with E-state index in [2.05, 4.69) is 23.3 Å². The summed E-state index contributed by atoms with van der Waals surface area (Å²) in [6.45, 7) is 6.05. The molecule has 1 atom stereocenters. The van der Waals surface area contributed by atoms with Crippen LogP contribution in [0.4, 0.5) is 0 Å². The molecule has 2 rings (SSSR count). The van der Waals surface area contributed by atoms with Gasteiger partial charge in [0.15, 0.2) is 0 Å². The number of rotatable bonds is 1. The molecule has 0 spiro atoms. The van der Waals surface area contributed by atoms with Crippen LogP contribution in [0.1, 0.15) is 27.2 Å². The van der Waals surface area contributed by atoms with Crippen molar-refractivity contribution in [3.8, 4) is 0 Å². The largest absolute Gasteiger partial charge is 0.322 e. The molecular weight excluding hydrogens is 188 g/mol. The Hall–Kier alpha value is -1.38. The molecule has 3 nitrogen and oxygen atoms in total. The van der Waals surface area contributed by atoms with Crippen molar-refractivity contribution in [2.75, 3.05) is 0 Å². The van der Waals surface area contributed by atoms with Gasteiger partial charge in [0.1, 0.15) is 11.3 Å². The Morgan fingerprint density at radius 2 is 2.27 bits per heavy atom. The van der Waals surface area contributed by atoms with Gasteiger partial charge in [-0.3, -0.25) is 9.79 Å². The molecule has 0 bridgehead atoms. The predicted molar refractivity (Wildman–Crippen MR) is 60.7 cm³/mol. The molecule has 1 unspecified atom stereocenters. The number of carbonyl (C=O) groups excluding carboxylic acids is 1. The smallest absolute Gasteiger partial charge is 0.269 e. The number of allylic oxidation sites excluding steroid dienone is 2. The van der Waals surface area contributed by atoms with Crippen molar-refractivity contribution in [3.05, 3.63) is 23.9 Å². The zero-order chi connectivity index (χ0) is 11.1. The summed E-state index contributed by atoms with van der Waals surface area (Å²) in [5.74, 6) is 0.123. The molecule has 1 N–H and O–H groups in total. The highest BCUT2D eigenvalue weighted by atomic mass is 16.2. The number of nitrogens with one attached hydrogen (secondary N) is 1. The Morgan fingerprint density at radius 1 is 1.53 bits per heavy atom. The Labute approximate surface area is 90.0 Å². The van der Waals surface area contributed by atoms with E-state index in [1.54, 1.807) is 0 Å². The van der Waals surface area contributed by atoms with Crippen LogP contribution >= 0.6 is 0 Å². The van der Waals surface area contributed by atoms with Crippen molar-refractivity contribution < 1.29 is 4.79 Å². The standard InChI is InChI=1S/C12H16N2O/c1-8(2)10-11(15)13-9-6-4-5-7-12(9,3)14-10/h4-6,8H,7H2,1-3H3,(H,13,15). The molecule has 0 fully saturated rings. The van der Waals surface area contributed by atoms with Crippen LogP contribution < -0.4 is 5.32 Å². The summed E-state index contributed by atoms with van der Waals surface area (Å²) in [7, 11) is 0. The van der Waals surface area contributed by atoms with Crippen LogP contribution in [0.3, 0.4) is 0 Å². The van der Waals surface area contributed by atoms with Crippen molar-refractivity contribution in [3.63, 3.8) is 0 Å². The van der Waals surface area contributed by atoms with E-state index in [4.69, 9.17) is 0 Å². The van der Waals surface area contributed by atoms with E-state index < -0.39 is 0 Å². The second-order valence-corrected chi connectivity index (χ2v) is 4.59. The molecule has 0 saturated carbocycles. The van der Waals surface area contributed by atoms with Gasteiger partial charge in [-0.1, -0.05) is 26.0 Å². The highest BCUT2D eigenvalue weighted by Gasteiger charge is 2.36. The fourth-order valence-electron chi connectivity index (χ4n) is 1.93. The Bertz CT molecular complexity index is 390. The summed E-state index contributed by atoms with van der Waals surface area (Å²) < 4.78 is 0. The Balaban J connectivity index is 2.44. The monoisotopic (exact) mass is 204 g/mol. The molecule has 0 aromatic carbocycles. The van der Waals surface area contributed by atoms with Gasteiger partial charge in [0, 0.05) is 11.6 Å². The van der Waals surface area contributed by atoms with Gasteiger partial charge in [0.05, 0.1) is 0 Å². The number of amides is 1. The first-order valence-electron chi connectivity index (χ1n) is 5.31. The molecule has 1 heterocycles. The number of hydrogen-bond donors (Lipinski definition) is 1. The molecule has 1 amide bonds. The fraction of sp³-hybridized carbons (Fsp3) is 0.500. The van der Waals surface area contributed by atoms with Gasteiger partial charge in [-0.2, -0.15) is 0 Å². The van der Waals surface area contributed by atoms with Crippen LogP contribution in [-0.4, -0.2) is 17.2 Å². The summed E-state index contributed by atoms with van der Waals surface area (Å²) >= 11 is 0. The molecule has 0 radical (unpaired) electrons. The second kappa shape index (κ2) is 3.33. The molecule has 3 heteroatoms. The summed E-state index contributed by atoms with van der Waals surface area (Å²) in [6.07, 6.45) is 6.84. The van der Waals surface area contributed by atoms with E-state index in [0.29, 0.717) is 5.71 Å². The minimum absolute atomic E-state index is 0.0518. The van der Waals surface area contributed by atoms with Gasteiger partial charge in [-0.05, 0) is 19.4 Å². The van der Waals surface area contributed by atoms with Crippen LogP contribution in [0.5, 0.6) is 0 Å². The van der Waals surface area contributed by atoms with E-state index in [0.717, 1.165) is 12.1 Å². The summed E-state index contributed by atoms with van der Waals surface area (Å²) in [6, 6.07) is 0. The number of nitrogens with zero attached hydrogens (tertiary/aromatic N) is 1. The summed E-state index contributed by atoms with van der Waals surface area (Å²) in [4.78, 5) is 16.3. The van der Waals surface area contributed by atoms with Crippen LogP contribution in [0.2, 0.25) is 0 Å². The molecule has 1 aliphatic carbocycles. The average Bonchev–Trinajstić information content (AvgIpc) is 2.17. The van der Waals surface area contributed by atoms with Crippen LogP contribution in [0.15, 0.2) is 28.9 Å².